The molecule has 0 spiro atoms. The molecule has 0 aromatic heterocycles. The summed E-state index contributed by atoms with van der Waals surface area (Å²) in [7, 11) is 3.38. The summed E-state index contributed by atoms with van der Waals surface area (Å²) in [5.41, 5.74) is 8.63. The fourth-order valence-corrected chi connectivity index (χ4v) is 2.75. The number of nitrogens with one attached hydrogen (secondary N) is 1. The molecule has 0 heterocycles. The van der Waals surface area contributed by atoms with E-state index in [4.69, 9.17) is 15.2 Å². The first-order valence-electron chi connectivity index (χ1n) is 7.44. The largest absolute Gasteiger partial charge is 0.497 e. The molecule has 0 bridgehead atoms. The molecule has 116 valence electrons. The number of aliphatic imine (C=N–C) groups is 1. The van der Waals surface area contributed by atoms with Crippen molar-refractivity contribution in [3.05, 3.63) is 29.3 Å². The van der Waals surface area contributed by atoms with Crippen LogP contribution in [0.3, 0.4) is 0 Å². The van der Waals surface area contributed by atoms with E-state index in [1.165, 1.54) is 17.5 Å². The van der Waals surface area contributed by atoms with Gasteiger partial charge in [0.2, 0.25) is 0 Å². The highest BCUT2D eigenvalue weighted by Crippen LogP contribution is 2.33. The van der Waals surface area contributed by atoms with Gasteiger partial charge in [0, 0.05) is 26.1 Å². The maximum atomic E-state index is 5.86. The van der Waals surface area contributed by atoms with Gasteiger partial charge in [-0.3, -0.25) is 4.99 Å². The van der Waals surface area contributed by atoms with E-state index < -0.39 is 0 Å². The molecule has 2 rings (SSSR count). The molecule has 0 radical (unpaired) electrons. The van der Waals surface area contributed by atoms with Crippen molar-refractivity contribution >= 4 is 5.96 Å². The average molecular weight is 291 g/mol. The number of nitrogens with two attached hydrogens (primary N) is 1. The van der Waals surface area contributed by atoms with E-state index in [0.29, 0.717) is 25.0 Å². The van der Waals surface area contributed by atoms with Crippen LogP contribution in [0.15, 0.2) is 23.2 Å². The molecule has 0 amide bonds. The van der Waals surface area contributed by atoms with Crippen molar-refractivity contribution < 1.29 is 9.47 Å². The predicted molar refractivity (Wildman–Crippen MR) is 85.0 cm³/mol. The number of guanidine groups is 1. The summed E-state index contributed by atoms with van der Waals surface area (Å²) in [6.45, 7) is 2.04. The van der Waals surface area contributed by atoms with Gasteiger partial charge in [-0.05, 0) is 42.5 Å². The monoisotopic (exact) mass is 291 g/mol. The third-order valence-electron chi connectivity index (χ3n) is 3.88. The van der Waals surface area contributed by atoms with Crippen LogP contribution in [-0.4, -0.2) is 39.9 Å². The first-order valence-corrected chi connectivity index (χ1v) is 7.44. The van der Waals surface area contributed by atoms with Gasteiger partial charge >= 0.3 is 0 Å². The highest BCUT2D eigenvalue weighted by molar-refractivity contribution is 5.77. The van der Waals surface area contributed by atoms with E-state index in [1.807, 2.05) is 6.07 Å². The average Bonchev–Trinajstić information content (AvgIpc) is 2.52. The van der Waals surface area contributed by atoms with Gasteiger partial charge in [-0.15, -0.1) is 0 Å². The van der Waals surface area contributed by atoms with Gasteiger partial charge in [-0.25, -0.2) is 0 Å². The van der Waals surface area contributed by atoms with Gasteiger partial charge < -0.3 is 20.5 Å². The Kier molecular flexibility index (Phi) is 5.87. The topological polar surface area (TPSA) is 68.9 Å². The Balaban J connectivity index is 1.98. The SMILES string of the molecule is COCCNC(N)=NCC1CCCc2cc(OC)ccc21. The molecule has 5 nitrogen and oxygen atoms in total. The Morgan fingerprint density at radius 1 is 1.43 bits per heavy atom. The Bertz CT molecular complexity index is 488. The summed E-state index contributed by atoms with van der Waals surface area (Å²) in [6.07, 6.45) is 3.47. The van der Waals surface area contributed by atoms with Gasteiger partial charge in [0.1, 0.15) is 5.75 Å². The zero-order valence-corrected chi connectivity index (χ0v) is 12.9. The molecule has 5 heteroatoms. The second kappa shape index (κ2) is 7.88. The number of nitrogens with zero attached hydrogens (tertiary/aromatic N) is 1. The number of fused-ring (bicyclic) bond motifs is 1. The zero-order valence-electron chi connectivity index (χ0n) is 12.9. The molecule has 1 aliphatic rings. The van der Waals surface area contributed by atoms with Crippen LogP contribution in [0, 0.1) is 0 Å². The summed E-state index contributed by atoms with van der Waals surface area (Å²) in [4.78, 5) is 4.46. The second-order valence-electron chi connectivity index (χ2n) is 5.30. The zero-order chi connectivity index (χ0) is 15.1. The predicted octanol–water partition coefficient (Wildman–Crippen LogP) is 1.67. The van der Waals surface area contributed by atoms with E-state index in [2.05, 4.69) is 22.4 Å². The Hall–Kier alpha value is -1.75. The Labute approximate surface area is 126 Å². The molecule has 3 N–H and O–H groups in total. The summed E-state index contributed by atoms with van der Waals surface area (Å²) in [5, 5.41) is 3.05. The van der Waals surface area contributed by atoms with E-state index >= 15 is 0 Å². The van der Waals surface area contributed by atoms with E-state index in [-0.39, 0.29) is 0 Å². The van der Waals surface area contributed by atoms with Gasteiger partial charge in [0.15, 0.2) is 5.96 Å². The molecular weight excluding hydrogens is 266 g/mol. The molecule has 1 unspecified atom stereocenters. The highest BCUT2D eigenvalue weighted by Gasteiger charge is 2.20. The maximum Gasteiger partial charge on any atom is 0.188 e. The number of methoxy groups -OCH3 is 2. The van der Waals surface area contributed by atoms with Gasteiger partial charge in [0.25, 0.3) is 0 Å². The van der Waals surface area contributed by atoms with Crippen LogP contribution < -0.4 is 15.8 Å². The fraction of sp³-hybridized carbons (Fsp3) is 0.562. The molecule has 0 aliphatic heterocycles. The summed E-state index contributed by atoms with van der Waals surface area (Å²) in [5.74, 6) is 1.87. The van der Waals surface area contributed by atoms with Gasteiger partial charge in [-0.1, -0.05) is 6.07 Å². The van der Waals surface area contributed by atoms with Crippen LogP contribution in [0.4, 0.5) is 0 Å². The first-order chi connectivity index (χ1) is 10.2. The van der Waals surface area contributed by atoms with E-state index in [0.717, 1.165) is 25.1 Å². The number of hydrogen-bond acceptors (Lipinski definition) is 3. The van der Waals surface area contributed by atoms with Crippen LogP contribution in [0.2, 0.25) is 0 Å². The van der Waals surface area contributed by atoms with Gasteiger partial charge in [0.05, 0.1) is 13.7 Å². The molecular formula is C16H25N3O2. The normalized spacial score (nSPS) is 18.2. The van der Waals surface area contributed by atoms with Crippen molar-refractivity contribution in [3.63, 3.8) is 0 Å². The summed E-state index contributed by atoms with van der Waals surface area (Å²) >= 11 is 0. The van der Waals surface area contributed by atoms with E-state index in [9.17, 15) is 0 Å². The molecule has 21 heavy (non-hydrogen) atoms. The van der Waals surface area contributed by atoms with Crippen molar-refractivity contribution in [3.8, 4) is 5.75 Å². The van der Waals surface area contributed by atoms with Crippen LogP contribution in [0.5, 0.6) is 5.75 Å². The number of rotatable bonds is 6. The van der Waals surface area contributed by atoms with Crippen molar-refractivity contribution in [2.75, 3.05) is 33.9 Å². The number of benzene rings is 1. The minimum Gasteiger partial charge on any atom is -0.497 e. The number of ether oxygens (including phenoxy) is 2. The lowest BCUT2D eigenvalue weighted by Gasteiger charge is -2.24. The first kappa shape index (κ1) is 15.6. The minimum absolute atomic E-state index is 0.447. The third kappa shape index (κ3) is 4.36. The van der Waals surface area contributed by atoms with Crippen LogP contribution in [-0.2, 0) is 11.2 Å². The Morgan fingerprint density at radius 2 is 2.29 bits per heavy atom. The Morgan fingerprint density at radius 3 is 3.05 bits per heavy atom. The molecule has 1 aromatic rings. The summed E-state index contributed by atoms with van der Waals surface area (Å²) < 4.78 is 10.3. The smallest absolute Gasteiger partial charge is 0.188 e. The quantitative estimate of drug-likeness (QED) is 0.475. The lowest BCUT2D eigenvalue weighted by Crippen LogP contribution is -2.34. The van der Waals surface area contributed by atoms with Crippen molar-refractivity contribution in [1.29, 1.82) is 0 Å². The summed E-state index contributed by atoms with van der Waals surface area (Å²) in [6, 6.07) is 6.34. The van der Waals surface area contributed by atoms with Gasteiger partial charge in [-0.2, -0.15) is 0 Å². The van der Waals surface area contributed by atoms with E-state index in [1.54, 1.807) is 14.2 Å². The number of aryl methyl sites for hydroxylation is 1. The minimum atomic E-state index is 0.447. The lowest BCUT2D eigenvalue weighted by atomic mass is 9.83. The fourth-order valence-electron chi connectivity index (χ4n) is 2.75. The van der Waals surface area contributed by atoms with Crippen LogP contribution in [0.1, 0.15) is 29.9 Å². The van der Waals surface area contributed by atoms with Crippen molar-refractivity contribution in [1.82, 2.24) is 5.32 Å². The molecule has 0 saturated carbocycles. The van der Waals surface area contributed by atoms with Crippen molar-refractivity contribution in [2.24, 2.45) is 10.7 Å². The highest BCUT2D eigenvalue weighted by atomic mass is 16.5. The maximum absolute atomic E-state index is 5.86. The lowest BCUT2D eigenvalue weighted by molar-refractivity contribution is 0.204. The van der Waals surface area contributed by atoms with Crippen LogP contribution in [0.25, 0.3) is 0 Å². The van der Waals surface area contributed by atoms with Crippen LogP contribution >= 0.6 is 0 Å². The second-order valence-corrected chi connectivity index (χ2v) is 5.30. The third-order valence-corrected chi connectivity index (χ3v) is 3.88. The number of hydrogen-bond donors (Lipinski definition) is 2. The van der Waals surface area contributed by atoms with Crippen molar-refractivity contribution in [2.45, 2.75) is 25.2 Å². The molecule has 1 aliphatic carbocycles. The molecule has 1 aromatic carbocycles. The molecule has 0 saturated heterocycles. The standard InChI is InChI=1S/C16H25N3O2/c1-20-9-8-18-16(17)19-11-13-5-3-4-12-10-14(21-2)6-7-15(12)13/h6-7,10,13H,3-5,8-9,11H2,1-2H3,(H3,17,18,19). The molecule has 1 atom stereocenters. The molecule has 0 fully saturated rings.